The quantitative estimate of drug-likeness (QED) is 0.557. The van der Waals surface area contributed by atoms with E-state index in [1.165, 1.54) is 16.4 Å². The van der Waals surface area contributed by atoms with Crippen molar-refractivity contribution in [2.24, 2.45) is 0 Å². The number of rotatable bonds is 8. The number of sulfonamides is 1. The van der Waals surface area contributed by atoms with Crippen LogP contribution in [-0.4, -0.2) is 57.6 Å². The van der Waals surface area contributed by atoms with Crippen LogP contribution in [0.25, 0.3) is 0 Å². The summed E-state index contributed by atoms with van der Waals surface area (Å²) in [5.74, 6) is -0.284. The Bertz CT molecular complexity index is 681. The molecule has 0 spiro atoms. The molecule has 8 heteroatoms. The van der Waals surface area contributed by atoms with Gasteiger partial charge in [-0.25, -0.2) is 8.42 Å². The second kappa shape index (κ2) is 9.10. The van der Waals surface area contributed by atoms with Crippen LogP contribution < -0.4 is 5.32 Å². The zero-order chi connectivity index (χ0) is 18.3. The average Bonchev–Trinajstić information content (AvgIpc) is 2.63. The van der Waals surface area contributed by atoms with Gasteiger partial charge in [-0.05, 0) is 37.6 Å². The van der Waals surface area contributed by atoms with Gasteiger partial charge < -0.3 is 14.8 Å². The summed E-state index contributed by atoms with van der Waals surface area (Å²) in [5.41, 5.74) is 0.519. The predicted molar refractivity (Wildman–Crippen MR) is 94.9 cm³/mol. The highest BCUT2D eigenvalue weighted by molar-refractivity contribution is 7.89. The fourth-order valence-corrected chi connectivity index (χ4v) is 3.70. The van der Waals surface area contributed by atoms with Gasteiger partial charge in [0.25, 0.3) is 5.91 Å². The Morgan fingerprint density at radius 3 is 2.60 bits per heavy atom. The molecular formula is C17H24N2O5S. The summed E-state index contributed by atoms with van der Waals surface area (Å²) in [6, 6.07) is 6.12. The van der Waals surface area contributed by atoms with Crippen LogP contribution in [0.15, 0.2) is 41.8 Å². The van der Waals surface area contributed by atoms with Crippen molar-refractivity contribution >= 4 is 21.6 Å². The van der Waals surface area contributed by atoms with Gasteiger partial charge in [-0.3, -0.25) is 4.79 Å². The highest BCUT2D eigenvalue weighted by Crippen LogP contribution is 2.19. The number of carbonyl (C=O) groups excluding carboxylic acids is 1. The number of morpholine rings is 1. The number of benzene rings is 1. The van der Waals surface area contributed by atoms with E-state index in [9.17, 15) is 13.2 Å². The van der Waals surface area contributed by atoms with Gasteiger partial charge in [-0.2, -0.15) is 4.31 Å². The number of hydrogen-bond acceptors (Lipinski definition) is 5. The zero-order valence-electron chi connectivity index (χ0n) is 14.3. The third-order valence-electron chi connectivity index (χ3n) is 3.79. The molecule has 1 aromatic carbocycles. The smallest absolute Gasteiger partial charge is 0.253 e. The number of amides is 1. The van der Waals surface area contributed by atoms with Crippen molar-refractivity contribution in [3.8, 4) is 0 Å². The van der Waals surface area contributed by atoms with E-state index in [1.54, 1.807) is 25.1 Å². The Hall–Kier alpha value is -1.74. The maximum absolute atomic E-state index is 12.5. The van der Waals surface area contributed by atoms with Gasteiger partial charge in [0.05, 0.1) is 24.7 Å². The van der Waals surface area contributed by atoms with Crippen molar-refractivity contribution in [3.63, 3.8) is 0 Å². The minimum absolute atomic E-state index is 0.197. The molecule has 1 aliphatic rings. The first-order valence-electron chi connectivity index (χ1n) is 8.16. The predicted octanol–water partition coefficient (Wildman–Crippen LogP) is 1.63. The normalized spacial score (nSPS) is 17.0. The molecule has 1 heterocycles. The number of hydrogen-bond donors (Lipinski definition) is 1. The zero-order valence-corrected chi connectivity index (χ0v) is 15.1. The molecule has 1 saturated heterocycles. The SMILES string of the molecule is C=CCCOC(C)C(=O)Nc1ccc(S(=O)(=O)N2CCOCC2)cc1. The van der Waals surface area contributed by atoms with E-state index in [0.29, 0.717) is 45.0 Å². The molecule has 7 nitrogen and oxygen atoms in total. The van der Waals surface area contributed by atoms with E-state index < -0.39 is 16.1 Å². The lowest BCUT2D eigenvalue weighted by Gasteiger charge is -2.26. The molecule has 1 N–H and O–H groups in total. The Kier molecular flexibility index (Phi) is 7.12. The standard InChI is InChI=1S/C17H24N2O5S/c1-3-4-11-24-14(2)17(20)18-15-5-7-16(8-6-15)25(21,22)19-9-12-23-13-10-19/h3,5-8,14H,1,4,9-13H2,2H3,(H,18,20). The number of anilines is 1. The van der Waals surface area contributed by atoms with Crippen LogP contribution in [-0.2, 0) is 24.3 Å². The first-order chi connectivity index (χ1) is 11.9. The minimum atomic E-state index is -3.53. The average molecular weight is 368 g/mol. The highest BCUT2D eigenvalue weighted by Gasteiger charge is 2.26. The molecule has 0 radical (unpaired) electrons. The topological polar surface area (TPSA) is 84.9 Å². The second-order valence-electron chi connectivity index (χ2n) is 5.62. The molecule has 0 saturated carbocycles. The number of carbonyl (C=O) groups is 1. The van der Waals surface area contributed by atoms with Crippen molar-refractivity contribution in [1.82, 2.24) is 4.31 Å². The van der Waals surface area contributed by atoms with E-state index in [2.05, 4.69) is 11.9 Å². The fourth-order valence-electron chi connectivity index (χ4n) is 2.29. The first-order valence-corrected chi connectivity index (χ1v) is 9.60. The van der Waals surface area contributed by atoms with E-state index in [-0.39, 0.29) is 10.8 Å². The Morgan fingerprint density at radius 1 is 1.36 bits per heavy atom. The van der Waals surface area contributed by atoms with Gasteiger partial charge in [0.2, 0.25) is 10.0 Å². The fraction of sp³-hybridized carbons (Fsp3) is 0.471. The summed E-state index contributed by atoms with van der Waals surface area (Å²) in [7, 11) is -3.53. The Balaban J connectivity index is 1.97. The Labute approximate surface area is 148 Å². The molecular weight excluding hydrogens is 344 g/mol. The summed E-state index contributed by atoms with van der Waals surface area (Å²) in [6.07, 6.45) is 1.79. The molecule has 1 aliphatic heterocycles. The van der Waals surface area contributed by atoms with Crippen LogP contribution in [0.2, 0.25) is 0 Å². The van der Waals surface area contributed by atoms with Crippen LogP contribution >= 0.6 is 0 Å². The molecule has 0 aromatic heterocycles. The lowest BCUT2D eigenvalue weighted by Crippen LogP contribution is -2.40. The first kappa shape index (κ1) is 19.6. The van der Waals surface area contributed by atoms with Crippen LogP contribution in [0.3, 0.4) is 0 Å². The van der Waals surface area contributed by atoms with Gasteiger partial charge in [0.15, 0.2) is 0 Å². The van der Waals surface area contributed by atoms with Gasteiger partial charge in [-0.1, -0.05) is 6.08 Å². The van der Waals surface area contributed by atoms with Crippen molar-refractivity contribution < 1.29 is 22.7 Å². The molecule has 138 valence electrons. The second-order valence-corrected chi connectivity index (χ2v) is 7.56. The summed E-state index contributed by atoms with van der Waals surface area (Å²) >= 11 is 0. The van der Waals surface area contributed by atoms with E-state index >= 15 is 0 Å². The van der Waals surface area contributed by atoms with Crippen LogP contribution in [0.5, 0.6) is 0 Å². The largest absolute Gasteiger partial charge is 0.379 e. The summed E-state index contributed by atoms with van der Waals surface area (Å²) < 4.78 is 37.0. The van der Waals surface area contributed by atoms with E-state index in [1.807, 2.05) is 0 Å². The molecule has 1 amide bonds. The van der Waals surface area contributed by atoms with E-state index in [0.717, 1.165) is 0 Å². The summed E-state index contributed by atoms with van der Waals surface area (Å²) in [4.78, 5) is 12.2. The number of ether oxygens (including phenoxy) is 2. The third kappa shape index (κ3) is 5.37. The number of nitrogens with one attached hydrogen (secondary N) is 1. The summed E-state index contributed by atoms with van der Waals surface area (Å²) in [5, 5.41) is 2.71. The van der Waals surface area contributed by atoms with Gasteiger partial charge in [0, 0.05) is 18.8 Å². The van der Waals surface area contributed by atoms with Crippen molar-refractivity contribution in [3.05, 3.63) is 36.9 Å². The maximum Gasteiger partial charge on any atom is 0.253 e. The molecule has 25 heavy (non-hydrogen) atoms. The Morgan fingerprint density at radius 2 is 2.00 bits per heavy atom. The van der Waals surface area contributed by atoms with E-state index in [4.69, 9.17) is 9.47 Å². The minimum Gasteiger partial charge on any atom is -0.379 e. The van der Waals surface area contributed by atoms with Crippen LogP contribution in [0, 0.1) is 0 Å². The van der Waals surface area contributed by atoms with Gasteiger partial charge in [-0.15, -0.1) is 6.58 Å². The maximum atomic E-state index is 12.5. The van der Waals surface area contributed by atoms with Crippen molar-refractivity contribution in [2.45, 2.75) is 24.3 Å². The molecule has 1 atom stereocenters. The van der Waals surface area contributed by atoms with Gasteiger partial charge >= 0.3 is 0 Å². The van der Waals surface area contributed by atoms with Crippen molar-refractivity contribution in [2.75, 3.05) is 38.2 Å². The summed E-state index contributed by atoms with van der Waals surface area (Å²) in [6.45, 7) is 7.17. The lowest BCUT2D eigenvalue weighted by molar-refractivity contribution is -0.126. The molecule has 0 bridgehead atoms. The highest BCUT2D eigenvalue weighted by atomic mass is 32.2. The molecule has 2 rings (SSSR count). The monoisotopic (exact) mass is 368 g/mol. The van der Waals surface area contributed by atoms with Gasteiger partial charge in [0.1, 0.15) is 6.10 Å². The molecule has 1 unspecified atom stereocenters. The lowest BCUT2D eigenvalue weighted by atomic mass is 10.3. The molecule has 1 aromatic rings. The molecule has 1 fully saturated rings. The number of nitrogens with zero attached hydrogens (tertiary/aromatic N) is 1. The molecule has 0 aliphatic carbocycles. The van der Waals surface area contributed by atoms with Crippen molar-refractivity contribution in [1.29, 1.82) is 0 Å². The van der Waals surface area contributed by atoms with Crippen LogP contribution in [0.1, 0.15) is 13.3 Å². The third-order valence-corrected chi connectivity index (χ3v) is 5.70. The van der Waals surface area contributed by atoms with Crippen LogP contribution in [0.4, 0.5) is 5.69 Å².